The van der Waals surface area contributed by atoms with Crippen LogP contribution in [-0.2, 0) is 7.05 Å². The van der Waals surface area contributed by atoms with Crippen LogP contribution in [0.15, 0.2) is 6.33 Å². The molecule has 0 atom stereocenters. The van der Waals surface area contributed by atoms with Crippen LogP contribution in [0.2, 0.25) is 0 Å². The van der Waals surface area contributed by atoms with E-state index in [1.54, 1.807) is 6.33 Å². The molecular formula is C12H16N5. The summed E-state index contributed by atoms with van der Waals surface area (Å²) in [5.41, 5.74) is 1.84. The predicted molar refractivity (Wildman–Crippen MR) is 66.8 cm³/mol. The average molecular weight is 230 g/mol. The van der Waals surface area contributed by atoms with Gasteiger partial charge in [0.1, 0.15) is 12.2 Å². The Morgan fingerprint density at radius 1 is 1.18 bits per heavy atom. The lowest BCUT2D eigenvalue weighted by molar-refractivity contribution is 0.672. The first-order valence-corrected chi connectivity index (χ1v) is 5.98. The Hall–Kier alpha value is -1.65. The molecule has 17 heavy (non-hydrogen) atoms. The van der Waals surface area contributed by atoms with E-state index in [0.717, 1.165) is 48.7 Å². The molecule has 2 aromatic rings. The summed E-state index contributed by atoms with van der Waals surface area (Å²) in [6, 6.07) is 0. The van der Waals surface area contributed by atoms with Crippen molar-refractivity contribution in [1.29, 1.82) is 0 Å². The van der Waals surface area contributed by atoms with E-state index >= 15 is 0 Å². The highest BCUT2D eigenvalue weighted by atomic mass is 15.2. The van der Waals surface area contributed by atoms with Crippen LogP contribution in [-0.4, -0.2) is 32.6 Å². The molecule has 0 unspecified atom stereocenters. The molecule has 5 nitrogen and oxygen atoms in total. The molecule has 0 amide bonds. The first-order chi connectivity index (χ1) is 8.27. The van der Waals surface area contributed by atoms with Gasteiger partial charge in [0, 0.05) is 20.1 Å². The Morgan fingerprint density at radius 2 is 1.94 bits per heavy atom. The lowest BCUT2D eigenvalue weighted by Crippen LogP contribution is -2.30. The molecule has 1 fully saturated rings. The largest absolute Gasteiger partial charge is 0.355 e. The summed E-state index contributed by atoms with van der Waals surface area (Å²) >= 11 is 0. The highest BCUT2D eigenvalue weighted by molar-refractivity contribution is 5.83. The topological polar surface area (TPSA) is 46.8 Å². The molecule has 0 aliphatic carbocycles. The van der Waals surface area contributed by atoms with Gasteiger partial charge in [-0.2, -0.15) is 0 Å². The molecule has 1 aliphatic heterocycles. The van der Waals surface area contributed by atoms with Crippen LogP contribution in [0.3, 0.4) is 0 Å². The Labute approximate surface area is 100 Å². The molecule has 89 valence electrons. The second kappa shape index (κ2) is 3.98. The van der Waals surface area contributed by atoms with Crippen molar-refractivity contribution in [2.75, 3.05) is 18.0 Å². The Bertz CT molecular complexity index is 539. The standard InChI is InChI=1S/C12H16N5/c1-9-15-10-11(16(9)2)13-8-14-12(10)17-6-4-3-5-7-17/h3,8H,4-7H2,1-2H3. The number of hydrogen-bond acceptors (Lipinski definition) is 4. The Kier molecular flexibility index (Phi) is 2.46. The number of rotatable bonds is 1. The fourth-order valence-electron chi connectivity index (χ4n) is 2.29. The minimum Gasteiger partial charge on any atom is -0.355 e. The first-order valence-electron chi connectivity index (χ1n) is 5.98. The number of anilines is 1. The molecule has 0 N–H and O–H groups in total. The molecule has 1 radical (unpaired) electrons. The van der Waals surface area contributed by atoms with Crippen molar-refractivity contribution in [3.63, 3.8) is 0 Å². The zero-order valence-corrected chi connectivity index (χ0v) is 10.2. The molecule has 1 saturated heterocycles. The Morgan fingerprint density at radius 3 is 2.71 bits per heavy atom. The molecule has 0 saturated carbocycles. The van der Waals surface area contributed by atoms with Crippen LogP contribution in [0, 0.1) is 13.3 Å². The first kappa shape index (κ1) is 10.5. The molecule has 2 aromatic heterocycles. The van der Waals surface area contributed by atoms with E-state index in [1.807, 2.05) is 18.5 Å². The summed E-state index contributed by atoms with van der Waals surface area (Å²) in [7, 11) is 1.99. The fourth-order valence-corrected chi connectivity index (χ4v) is 2.29. The van der Waals surface area contributed by atoms with Crippen molar-refractivity contribution in [1.82, 2.24) is 19.5 Å². The van der Waals surface area contributed by atoms with Crippen LogP contribution >= 0.6 is 0 Å². The summed E-state index contributed by atoms with van der Waals surface area (Å²) in [5, 5.41) is 0. The third-order valence-electron chi connectivity index (χ3n) is 3.37. The van der Waals surface area contributed by atoms with E-state index in [1.165, 1.54) is 0 Å². The Balaban J connectivity index is 2.12. The van der Waals surface area contributed by atoms with E-state index in [0.29, 0.717) is 0 Å². The fraction of sp³-hybridized carbons (Fsp3) is 0.500. The second-order valence-electron chi connectivity index (χ2n) is 4.44. The van der Waals surface area contributed by atoms with Crippen molar-refractivity contribution < 1.29 is 0 Å². The monoisotopic (exact) mass is 230 g/mol. The van der Waals surface area contributed by atoms with Gasteiger partial charge in [0.15, 0.2) is 17.0 Å². The molecular weight excluding hydrogens is 214 g/mol. The summed E-state index contributed by atoms with van der Waals surface area (Å²) < 4.78 is 2.01. The molecule has 0 bridgehead atoms. The number of aryl methyl sites for hydroxylation is 2. The molecule has 1 aliphatic rings. The van der Waals surface area contributed by atoms with E-state index in [2.05, 4.69) is 26.3 Å². The zero-order chi connectivity index (χ0) is 11.8. The lowest BCUT2D eigenvalue weighted by Gasteiger charge is -2.27. The number of nitrogens with zero attached hydrogens (tertiary/aromatic N) is 5. The summed E-state index contributed by atoms with van der Waals surface area (Å²) in [6.07, 6.45) is 6.21. The van der Waals surface area contributed by atoms with Crippen molar-refractivity contribution in [3.05, 3.63) is 18.6 Å². The second-order valence-corrected chi connectivity index (χ2v) is 4.44. The number of hydrogen-bond donors (Lipinski definition) is 0. The van der Waals surface area contributed by atoms with E-state index < -0.39 is 0 Å². The maximum atomic E-state index is 4.57. The summed E-state index contributed by atoms with van der Waals surface area (Å²) in [5.74, 6) is 1.96. The number of imidazole rings is 1. The van der Waals surface area contributed by atoms with E-state index in [-0.39, 0.29) is 0 Å². The molecule has 3 heterocycles. The van der Waals surface area contributed by atoms with Gasteiger partial charge in [-0.15, -0.1) is 0 Å². The normalized spacial score (nSPS) is 16.7. The highest BCUT2D eigenvalue weighted by Gasteiger charge is 2.18. The summed E-state index contributed by atoms with van der Waals surface area (Å²) in [4.78, 5) is 15.6. The minimum atomic E-state index is 0.919. The highest BCUT2D eigenvalue weighted by Crippen LogP contribution is 2.24. The number of aromatic nitrogens is 4. The van der Waals surface area contributed by atoms with Crippen LogP contribution in [0.4, 0.5) is 5.82 Å². The third kappa shape index (κ3) is 1.66. The van der Waals surface area contributed by atoms with Crippen molar-refractivity contribution in [3.8, 4) is 0 Å². The molecule has 3 rings (SSSR count). The predicted octanol–water partition coefficient (Wildman–Crippen LogP) is 1.48. The molecule has 0 spiro atoms. The van der Waals surface area contributed by atoms with Gasteiger partial charge in [-0.1, -0.05) is 0 Å². The summed E-state index contributed by atoms with van der Waals surface area (Å²) in [6.45, 7) is 4.05. The van der Waals surface area contributed by atoms with Gasteiger partial charge < -0.3 is 9.47 Å². The van der Waals surface area contributed by atoms with E-state index in [4.69, 9.17) is 0 Å². The zero-order valence-electron chi connectivity index (χ0n) is 10.2. The van der Waals surface area contributed by atoms with E-state index in [9.17, 15) is 0 Å². The van der Waals surface area contributed by atoms with Gasteiger partial charge in [0.2, 0.25) is 0 Å². The lowest BCUT2D eigenvalue weighted by atomic mass is 10.1. The van der Waals surface area contributed by atoms with Gasteiger partial charge in [0.25, 0.3) is 0 Å². The van der Waals surface area contributed by atoms with Crippen LogP contribution in [0.1, 0.15) is 18.7 Å². The smallest absolute Gasteiger partial charge is 0.165 e. The van der Waals surface area contributed by atoms with Gasteiger partial charge in [-0.05, 0) is 26.2 Å². The van der Waals surface area contributed by atoms with Crippen molar-refractivity contribution >= 4 is 17.0 Å². The van der Waals surface area contributed by atoms with Crippen LogP contribution in [0.5, 0.6) is 0 Å². The minimum absolute atomic E-state index is 0.919. The van der Waals surface area contributed by atoms with Gasteiger partial charge in [-0.3, -0.25) is 0 Å². The van der Waals surface area contributed by atoms with Crippen molar-refractivity contribution in [2.24, 2.45) is 7.05 Å². The van der Waals surface area contributed by atoms with Gasteiger partial charge in [-0.25, -0.2) is 15.0 Å². The van der Waals surface area contributed by atoms with Crippen LogP contribution in [0.25, 0.3) is 11.2 Å². The molecule has 0 aromatic carbocycles. The molecule has 5 heteroatoms. The van der Waals surface area contributed by atoms with Gasteiger partial charge in [0.05, 0.1) is 0 Å². The number of piperidine rings is 1. The van der Waals surface area contributed by atoms with Gasteiger partial charge >= 0.3 is 0 Å². The maximum Gasteiger partial charge on any atom is 0.165 e. The van der Waals surface area contributed by atoms with Crippen molar-refractivity contribution in [2.45, 2.75) is 19.8 Å². The maximum absolute atomic E-state index is 4.57. The van der Waals surface area contributed by atoms with Crippen LogP contribution < -0.4 is 4.90 Å². The quantitative estimate of drug-likeness (QED) is 0.744. The SMILES string of the molecule is Cc1nc2c(N3CC[CH]CC3)ncnc2n1C. The third-order valence-corrected chi connectivity index (χ3v) is 3.37. The average Bonchev–Trinajstić information content (AvgIpc) is 2.67. The number of fused-ring (bicyclic) bond motifs is 1.